The third kappa shape index (κ3) is 4.27. The lowest BCUT2D eigenvalue weighted by Crippen LogP contribution is -2.14. The van der Waals surface area contributed by atoms with Crippen molar-refractivity contribution < 1.29 is 22.6 Å². The molecule has 0 aliphatic heterocycles. The van der Waals surface area contributed by atoms with Crippen LogP contribution in [0.25, 0.3) is 0 Å². The Morgan fingerprint density at radius 1 is 1.13 bits per heavy atom. The predicted molar refractivity (Wildman–Crippen MR) is 80.9 cm³/mol. The Labute approximate surface area is 131 Å². The van der Waals surface area contributed by atoms with Gasteiger partial charge in [-0.25, -0.2) is 0 Å². The number of nitro benzene ring substituents is 1. The van der Waals surface area contributed by atoms with Gasteiger partial charge in [-0.15, -0.1) is 0 Å². The quantitative estimate of drug-likeness (QED) is 0.283. The highest BCUT2D eigenvalue weighted by Gasteiger charge is 2.19. The van der Waals surface area contributed by atoms with Gasteiger partial charge in [-0.1, -0.05) is 12.1 Å². The van der Waals surface area contributed by atoms with E-state index in [9.17, 15) is 18.5 Å². The van der Waals surface area contributed by atoms with Crippen molar-refractivity contribution in [3.8, 4) is 5.75 Å². The molecule has 2 N–H and O–H groups in total. The van der Waals surface area contributed by atoms with Gasteiger partial charge in [0.05, 0.1) is 4.92 Å². The van der Waals surface area contributed by atoms with Gasteiger partial charge < -0.3 is 9.29 Å². The van der Waals surface area contributed by atoms with Crippen LogP contribution in [0.15, 0.2) is 53.4 Å². The predicted octanol–water partition coefficient (Wildman–Crippen LogP) is 2.23. The zero-order valence-corrected chi connectivity index (χ0v) is 12.5. The van der Waals surface area contributed by atoms with Crippen LogP contribution in [0.1, 0.15) is 5.56 Å². The summed E-state index contributed by atoms with van der Waals surface area (Å²) in [5.74, 6) is -0.450. The highest BCUT2D eigenvalue weighted by Crippen LogP contribution is 2.18. The van der Waals surface area contributed by atoms with Crippen LogP contribution in [0, 0.1) is 15.5 Å². The van der Waals surface area contributed by atoms with Crippen molar-refractivity contribution in [2.45, 2.75) is 11.3 Å². The number of hydrogen-bond acceptors (Lipinski definition) is 7. The van der Waals surface area contributed by atoms with Gasteiger partial charge >= 0.3 is 10.1 Å². The minimum Gasteiger partial charge on any atom is -0.508 e. The van der Waals surface area contributed by atoms with Gasteiger partial charge in [0.2, 0.25) is 5.90 Å². The van der Waals surface area contributed by atoms with E-state index in [1.807, 2.05) is 0 Å². The zero-order valence-electron chi connectivity index (χ0n) is 11.7. The van der Waals surface area contributed by atoms with E-state index in [-0.39, 0.29) is 22.8 Å². The van der Waals surface area contributed by atoms with E-state index in [0.717, 1.165) is 24.3 Å². The molecule has 0 spiro atoms. The molecule has 0 saturated carbocycles. The second-order valence-corrected chi connectivity index (χ2v) is 6.10. The van der Waals surface area contributed by atoms with E-state index >= 15 is 0 Å². The van der Waals surface area contributed by atoms with Gasteiger partial charge in [0, 0.05) is 18.6 Å². The number of nitrogens with zero attached hydrogens (tertiary/aromatic N) is 1. The van der Waals surface area contributed by atoms with Crippen LogP contribution in [0.3, 0.4) is 0 Å². The number of hydrogen-bond donors (Lipinski definition) is 2. The zero-order chi connectivity index (χ0) is 17.0. The van der Waals surface area contributed by atoms with Gasteiger partial charge in [0.1, 0.15) is 10.6 Å². The average molecular weight is 336 g/mol. The maximum atomic E-state index is 12.0. The minimum absolute atomic E-state index is 0.0553. The third-order valence-corrected chi connectivity index (χ3v) is 4.12. The topological polar surface area (TPSA) is 131 Å². The maximum Gasteiger partial charge on any atom is 0.340 e. The number of aromatic hydroxyl groups is 1. The first-order chi connectivity index (χ1) is 10.8. The van der Waals surface area contributed by atoms with Gasteiger partial charge in [-0.3, -0.25) is 15.5 Å². The molecule has 8 nitrogen and oxygen atoms in total. The molecule has 0 atom stereocenters. The lowest BCUT2D eigenvalue weighted by Gasteiger charge is -2.08. The van der Waals surface area contributed by atoms with Gasteiger partial charge in [-0.2, -0.15) is 8.42 Å². The summed E-state index contributed by atoms with van der Waals surface area (Å²) < 4.78 is 28.7. The molecule has 9 heteroatoms. The Balaban J connectivity index is 2.09. The molecule has 0 radical (unpaired) electrons. The van der Waals surface area contributed by atoms with Crippen LogP contribution in [0.5, 0.6) is 5.75 Å². The summed E-state index contributed by atoms with van der Waals surface area (Å²) in [5, 5.41) is 27.3. The van der Waals surface area contributed by atoms with Gasteiger partial charge in [-0.05, 0) is 29.8 Å². The summed E-state index contributed by atoms with van der Waals surface area (Å²) in [6.07, 6.45) is -0.0769. The minimum atomic E-state index is -4.23. The molecule has 2 rings (SSSR count). The summed E-state index contributed by atoms with van der Waals surface area (Å²) in [7, 11) is -4.23. The first-order valence-corrected chi connectivity index (χ1v) is 7.73. The number of nitro groups is 1. The molecule has 0 aliphatic carbocycles. The van der Waals surface area contributed by atoms with E-state index in [4.69, 9.17) is 10.5 Å². The number of nitrogens with one attached hydrogen (secondary N) is 1. The molecule has 0 bridgehead atoms. The van der Waals surface area contributed by atoms with Crippen molar-refractivity contribution in [2.24, 2.45) is 0 Å². The highest BCUT2D eigenvalue weighted by molar-refractivity contribution is 7.87. The first-order valence-electron chi connectivity index (χ1n) is 6.32. The standard InChI is InChI=1S/C14H12N2O6S/c15-14(9-10-1-5-12(17)6-2-10)22-23(20,21)13-7-3-11(4-8-13)16(18)19/h1-8,15,17H,9H2. The van der Waals surface area contributed by atoms with Crippen LogP contribution < -0.4 is 0 Å². The Kier molecular flexibility index (Phi) is 4.60. The van der Waals surface area contributed by atoms with E-state index in [2.05, 4.69) is 4.18 Å². The number of phenolic OH excluding ortho intramolecular Hbond substituents is 1. The fourth-order valence-electron chi connectivity index (χ4n) is 1.74. The Hall–Kier alpha value is -2.94. The van der Waals surface area contributed by atoms with Crippen LogP contribution in [-0.2, 0) is 20.7 Å². The van der Waals surface area contributed by atoms with Crippen molar-refractivity contribution in [2.75, 3.05) is 0 Å². The Bertz CT molecular complexity index is 829. The molecule has 0 heterocycles. The van der Waals surface area contributed by atoms with Crippen LogP contribution >= 0.6 is 0 Å². The molecule has 0 unspecified atom stereocenters. The summed E-state index contributed by atoms with van der Waals surface area (Å²) >= 11 is 0. The molecule has 2 aromatic rings. The molecular formula is C14H12N2O6S. The fourth-order valence-corrected chi connectivity index (χ4v) is 2.63. The lowest BCUT2D eigenvalue weighted by molar-refractivity contribution is -0.384. The number of benzene rings is 2. The van der Waals surface area contributed by atoms with E-state index in [0.29, 0.717) is 5.56 Å². The Morgan fingerprint density at radius 3 is 2.22 bits per heavy atom. The number of rotatable bonds is 5. The number of phenols is 1. The summed E-state index contributed by atoms with van der Waals surface area (Å²) in [5.41, 5.74) is 0.342. The van der Waals surface area contributed by atoms with Gasteiger partial charge in [0.25, 0.3) is 5.69 Å². The molecule has 0 fully saturated rings. The third-order valence-electron chi connectivity index (χ3n) is 2.85. The summed E-state index contributed by atoms with van der Waals surface area (Å²) in [6, 6.07) is 10.1. The normalized spacial score (nSPS) is 11.0. The highest BCUT2D eigenvalue weighted by atomic mass is 32.2. The summed E-state index contributed by atoms with van der Waals surface area (Å²) in [4.78, 5) is 9.61. The molecular weight excluding hydrogens is 324 g/mol. The van der Waals surface area contributed by atoms with Crippen molar-refractivity contribution in [1.82, 2.24) is 0 Å². The van der Waals surface area contributed by atoms with E-state index in [1.54, 1.807) is 0 Å². The van der Waals surface area contributed by atoms with Crippen molar-refractivity contribution in [1.29, 1.82) is 5.41 Å². The second kappa shape index (κ2) is 6.44. The van der Waals surface area contributed by atoms with Crippen LogP contribution in [0.4, 0.5) is 5.69 Å². The van der Waals surface area contributed by atoms with Gasteiger partial charge in [0.15, 0.2) is 0 Å². The van der Waals surface area contributed by atoms with E-state index in [1.165, 1.54) is 24.3 Å². The molecule has 120 valence electrons. The van der Waals surface area contributed by atoms with Crippen LogP contribution in [0.2, 0.25) is 0 Å². The average Bonchev–Trinajstić information content (AvgIpc) is 2.49. The fraction of sp³-hybridized carbons (Fsp3) is 0.0714. The molecule has 23 heavy (non-hydrogen) atoms. The molecule has 0 saturated heterocycles. The van der Waals surface area contributed by atoms with Crippen molar-refractivity contribution in [3.63, 3.8) is 0 Å². The maximum absolute atomic E-state index is 12.0. The number of non-ortho nitro benzene ring substituents is 1. The van der Waals surface area contributed by atoms with Crippen molar-refractivity contribution in [3.05, 3.63) is 64.2 Å². The monoisotopic (exact) mass is 336 g/mol. The van der Waals surface area contributed by atoms with Crippen LogP contribution in [-0.4, -0.2) is 24.3 Å². The largest absolute Gasteiger partial charge is 0.508 e. The second-order valence-electron chi connectivity index (χ2n) is 4.55. The molecule has 2 aromatic carbocycles. The first kappa shape index (κ1) is 16.4. The lowest BCUT2D eigenvalue weighted by atomic mass is 10.1. The molecule has 0 aliphatic rings. The Morgan fingerprint density at radius 2 is 1.70 bits per heavy atom. The molecule has 0 amide bonds. The van der Waals surface area contributed by atoms with E-state index < -0.39 is 20.9 Å². The molecule has 0 aromatic heterocycles. The summed E-state index contributed by atoms with van der Waals surface area (Å²) in [6.45, 7) is 0. The SMILES string of the molecule is N=C(Cc1ccc(O)cc1)OS(=O)(=O)c1ccc([N+](=O)[O-])cc1. The smallest absolute Gasteiger partial charge is 0.340 e. The van der Waals surface area contributed by atoms with Crippen molar-refractivity contribution >= 4 is 21.7 Å².